The molecule has 3 heteroatoms. The average molecular weight is 266 g/mol. The second-order valence-electron chi connectivity index (χ2n) is 6.10. The van der Waals surface area contributed by atoms with Gasteiger partial charge in [0.25, 0.3) is 0 Å². The summed E-state index contributed by atoms with van der Waals surface area (Å²) >= 11 is 0. The number of aromatic nitrogens is 1. The molecule has 0 bridgehead atoms. The Bertz CT molecular complexity index is 709. The average Bonchev–Trinajstić information content (AvgIpc) is 2.84. The van der Waals surface area contributed by atoms with Crippen LogP contribution in [-0.2, 0) is 11.2 Å². The molecule has 1 spiro atoms. The normalized spacial score (nSPS) is 28.6. The van der Waals surface area contributed by atoms with Crippen molar-refractivity contribution in [3.63, 3.8) is 0 Å². The fourth-order valence-corrected chi connectivity index (χ4v) is 3.94. The molecular formula is C17H18N2O. The third-order valence-corrected chi connectivity index (χ3v) is 5.25. The second-order valence-corrected chi connectivity index (χ2v) is 6.10. The number of fused-ring (bicyclic) bond motifs is 2. The molecule has 2 unspecified atom stereocenters. The summed E-state index contributed by atoms with van der Waals surface area (Å²) in [5.74, 6) is 0.495. The highest BCUT2D eigenvalue weighted by Crippen LogP contribution is 2.49. The van der Waals surface area contributed by atoms with Gasteiger partial charge in [0, 0.05) is 17.6 Å². The summed E-state index contributed by atoms with van der Waals surface area (Å²) in [5, 5.41) is 4.19. The smallest absolute Gasteiger partial charge is 0.226 e. The van der Waals surface area contributed by atoms with Gasteiger partial charge in [-0.1, -0.05) is 25.1 Å². The van der Waals surface area contributed by atoms with Crippen LogP contribution in [0.5, 0.6) is 0 Å². The molecule has 1 aromatic heterocycles. The van der Waals surface area contributed by atoms with E-state index in [4.69, 9.17) is 4.98 Å². The molecule has 3 nitrogen and oxygen atoms in total. The Balaban J connectivity index is 1.88. The van der Waals surface area contributed by atoms with E-state index in [0.29, 0.717) is 0 Å². The van der Waals surface area contributed by atoms with E-state index in [9.17, 15) is 4.79 Å². The van der Waals surface area contributed by atoms with Crippen molar-refractivity contribution in [2.24, 2.45) is 5.41 Å². The number of rotatable bonds is 0. The number of nitrogens with one attached hydrogen (secondary N) is 1. The molecule has 2 aromatic rings. The van der Waals surface area contributed by atoms with E-state index in [1.165, 1.54) is 16.6 Å². The highest BCUT2D eigenvalue weighted by Gasteiger charge is 2.49. The Kier molecular flexibility index (Phi) is 2.40. The molecule has 2 atom stereocenters. The molecule has 20 heavy (non-hydrogen) atoms. The number of hydrogen-bond acceptors (Lipinski definition) is 2. The largest absolute Gasteiger partial charge is 0.356 e. The van der Waals surface area contributed by atoms with Gasteiger partial charge in [-0.25, -0.2) is 0 Å². The van der Waals surface area contributed by atoms with Crippen LogP contribution in [-0.4, -0.2) is 17.4 Å². The van der Waals surface area contributed by atoms with Crippen molar-refractivity contribution in [1.82, 2.24) is 10.3 Å². The van der Waals surface area contributed by atoms with Crippen molar-refractivity contribution in [3.8, 4) is 0 Å². The summed E-state index contributed by atoms with van der Waals surface area (Å²) in [6, 6.07) is 10.5. The number of amides is 1. The van der Waals surface area contributed by atoms with Crippen LogP contribution in [0.1, 0.15) is 36.9 Å². The van der Waals surface area contributed by atoms with Crippen molar-refractivity contribution in [2.45, 2.75) is 32.1 Å². The molecule has 1 aromatic carbocycles. The van der Waals surface area contributed by atoms with Crippen molar-refractivity contribution in [3.05, 3.63) is 41.6 Å². The highest BCUT2D eigenvalue weighted by molar-refractivity contribution is 5.87. The van der Waals surface area contributed by atoms with Gasteiger partial charge < -0.3 is 5.32 Å². The van der Waals surface area contributed by atoms with Crippen LogP contribution in [0.2, 0.25) is 0 Å². The number of para-hydroxylation sites is 1. The maximum absolute atomic E-state index is 12.3. The van der Waals surface area contributed by atoms with Gasteiger partial charge in [0.15, 0.2) is 0 Å². The van der Waals surface area contributed by atoms with Crippen LogP contribution < -0.4 is 5.32 Å². The summed E-state index contributed by atoms with van der Waals surface area (Å²) in [4.78, 5) is 17.1. The Morgan fingerprint density at radius 3 is 2.95 bits per heavy atom. The van der Waals surface area contributed by atoms with Crippen molar-refractivity contribution in [1.29, 1.82) is 0 Å². The number of carbonyl (C=O) groups excluding carboxylic acids is 1. The summed E-state index contributed by atoms with van der Waals surface area (Å²) in [5.41, 5.74) is 3.32. The van der Waals surface area contributed by atoms with E-state index >= 15 is 0 Å². The van der Waals surface area contributed by atoms with Crippen LogP contribution in [0.15, 0.2) is 30.3 Å². The SMILES string of the molecule is CC1c2cc3ccccc3nc2CCC12CCNC2=O. The fraction of sp³-hybridized carbons (Fsp3) is 0.412. The quantitative estimate of drug-likeness (QED) is 0.796. The van der Waals surface area contributed by atoms with Crippen molar-refractivity contribution >= 4 is 16.8 Å². The van der Waals surface area contributed by atoms with E-state index in [1.807, 2.05) is 12.1 Å². The zero-order chi connectivity index (χ0) is 13.7. The first kappa shape index (κ1) is 11.9. The topological polar surface area (TPSA) is 42.0 Å². The number of hydrogen-bond donors (Lipinski definition) is 1. The molecule has 1 N–H and O–H groups in total. The first-order chi connectivity index (χ1) is 9.71. The predicted octanol–water partition coefficient (Wildman–Crippen LogP) is 2.79. The number of aryl methyl sites for hydroxylation is 1. The van der Waals surface area contributed by atoms with Crippen LogP contribution in [0, 0.1) is 5.41 Å². The molecule has 1 amide bonds. The molecule has 1 aliphatic carbocycles. The van der Waals surface area contributed by atoms with Gasteiger partial charge in [0.1, 0.15) is 0 Å². The van der Waals surface area contributed by atoms with E-state index in [1.54, 1.807) is 0 Å². The van der Waals surface area contributed by atoms with Crippen LogP contribution in [0.25, 0.3) is 10.9 Å². The van der Waals surface area contributed by atoms with Gasteiger partial charge in [-0.2, -0.15) is 0 Å². The van der Waals surface area contributed by atoms with Gasteiger partial charge in [0.2, 0.25) is 5.91 Å². The number of pyridine rings is 1. The van der Waals surface area contributed by atoms with Crippen LogP contribution >= 0.6 is 0 Å². The van der Waals surface area contributed by atoms with Gasteiger partial charge in [-0.15, -0.1) is 0 Å². The Morgan fingerprint density at radius 1 is 1.30 bits per heavy atom. The van der Waals surface area contributed by atoms with E-state index in [2.05, 4.69) is 30.4 Å². The molecule has 1 aliphatic heterocycles. The standard InChI is InChI=1S/C17H18N2O/c1-11-13-10-12-4-2-3-5-14(12)19-15(13)6-7-17(11)8-9-18-16(17)20/h2-5,10-11H,6-9H2,1H3,(H,18,20). The highest BCUT2D eigenvalue weighted by atomic mass is 16.2. The van der Waals surface area contributed by atoms with E-state index < -0.39 is 0 Å². The summed E-state index contributed by atoms with van der Waals surface area (Å²) in [6.07, 6.45) is 2.80. The maximum atomic E-state index is 12.3. The van der Waals surface area contributed by atoms with Crippen LogP contribution in [0.3, 0.4) is 0 Å². The summed E-state index contributed by atoms with van der Waals surface area (Å²) in [6.45, 7) is 3.01. The monoisotopic (exact) mass is 266 g/mol. The van der Waals surface area contributed by atoms with E-state index in [-0.39, 0.29) is 17.2 Å². The fourth-order valence-electron chi connectivity index (χ4n) is 3.94. The number of nitrogens with zero attached hydrogens (tertiary/aromatic N) is 1. The van der Waals surface area contributed by atoms with E-state index in [0.717, 1.165) is 31.3 Å². The lowest BCUT2D eigenvalue weighted by Crippen LogP contribution is -2.39. The number of benzene rings is 1. The molecule has 1 saturated heterocycles. The Hall–Kier alpha value is -1.90. The lowest BCUT2D eigenvalue weighted by atomic mass is 9.64. The van der Waals surface area contributed by atoms with Gasteiger partial charge >= 0.3 is 0 Å². The molecule has 102 valence electrons. The minimum absolute atomic E-state index is 0.197. The minimum atomic E-state index is -0.197. The third-order valence-electron chi connectivity index (χ3n) is 5.25. The molecule has 1 fully saturated rings. The second kappa shape index (κ2) is 4.05. The summed E-state index contributed by atoms with van der Waals surface area (Å²) in [7, 11) is 0. The molecule has 2 heterocycles. The first-order valence-corrected chi connectivity index (χ1v) is 7.37. The Labute approximate surface area is 118 Å². The van der Waals surface area contributed by atoms with Crippen molar-refractivity contribution in [2.75, 3.05) is 6.54 Å². The predicted molar refractivity (Wildman–Crippen MR) is 78.5 cm³/mol. The van der Waals surface area contributed by atoms with Crippen LogP contribution in [0.4, 0.5) is 0 Å². The minimum Gasteiger partial charge on any atom is -0.356 e. The maximum Gasteiger partial charge on any atom is 0.226 e. The Morgan fingerprint density at radius 2 is 2.15 bits per heavy atom. The van der Waals surface area contributed by atoms with Gasteiger partial charge in [0.05, 0.1) is 10.9 Å². The zero-order valence-electron chi connectivity index (χ0n) is 11.6. The number of carbonyl (C=O) groups is 1. The zero-order valence-corrected chi connectivity index (χ0v) is 11.6. The summed E-state index contributed by atoms with van der Waals surface area (Å²) < 4.78 is 0. The lowest BCUT2D eigenvalue weighted by molar-refractivity contribution is -0.129. The molecule has 2 aliphatic rings. The van der Waals surface area contributed by atoms with Gasteiger partial charge in [-0.3, -0.25) is 9.78 Å². The molecule has 0 saturated carbocycles. The third kappa shape index (κ3) is 1.46. The molecule has 0 radical (unpaired) electrons. The lowest BCUT2D eigenvalue weighted by Gasteiger charge is -2.38. The first-order valence-electron chi connectivity index (χ1n) is 7.37. The molecule has 4 rings (SSSR count). The van der Waals surface area contributed by atoms with Crippen molar-refractivity contribution < 1.29 is 4.79 Å². The van der Waals surface area contributed by atoms with Gasteiger partial charge in [-0.05, 0) is 42.9 Å². The molecular weight excluding hydrogens is 248 g/mol.